The Labute approximate surface area is 92.7 Å². The lowest BCUT2D eigenvalue weighted by Gasteiger charge is -2.46. The molecule has 0 amide bonds. The molecule has 5 unspecified atom stereocenters. The number of hydrogen-bond donors (Lipinski definition) is 1. The predicted octanol–water partition coefficient (Wildman–Crippen LogP) is 1.74. The molecule has 86 valence electrons. The third-order valence-corrected chi connectivity index (χ3v) is 5.02. The van der Waals surface area contributed by atoms with Crippen LogP contribution in [0, 0.1) is 23.7 Å². The van der Waals surface area contributed by atoms with Crippen molar-refractivity contribution in [2.75, 3.05) is 20.6 Å². The van der Waals surface area contributed by atoms with Gasteiger partial charge in [0.2, 0.25) is 0 Å². The first-order chi connectivity index (χ1) is 7.07. The number of hydrogen-bond acceptors (Lipinski definition) is 2. The number of fused-ring (bicyclic) bond motifs is 2. The average Bonchev–Trinajstić information content (AvgIpc) is 2.34. The van der Waals surface area contributed by atoms with Crippen molar-refractivity contribution in [1.29, 1.82) is 0 Å². The Morgan fingerprint density at radius 1 is 1.13 bits per heavy atom. The van der Waals surface area contributed by atoms with E-state index in [-0.39, 0.29) is 5.60 Å². The summed E-state index contributed by atoms with van der Waals surface area (Å²) in [6.07, 6.45) is 6.62. The molecule has 0 aromatic rings. The zero-order valence-electron chi connectivity index (χ0n) is 9.95. The van der Waals surface area contributed by atoms with Gasteiger partial charge in [0.25, 0.3) is 0 Å². The summed E-state index contributed by atoms with van der Waals surface area (Å²) >= 11 is 0. The minimum atomic E-state index is -0.359. The third kappa shape index (κ3) is 1.53. The van der Waals surface area contributed by atoms with Crippen molar-refractivity contribution in [1.82, 2.24) is 4.90 Å². The standard InChI is InChI=1S/C13H23NO/c1-14(2)8-13(15)7-10-3-9-4-11(5-10)12(13)6-9/h9-12,15H,3-8H2,1-2H3. The molecule has 3 rings (SSSR count). The quantitative estimate of drug-likeness (QED) is 0.749. The van der Waals surface area contributed by atoms with Crippen molar-refractivity contribution < 1.29 is 5.11 Å². The van der Waals surface area contributed by atoms with E-state index < -0.39 is 0 Å². The summed E-state index contributed by atoms with van der Waals surface area (Å²) in [7, 11) is 4.17. The highest BCUT2D eigenvalue weighted by molar-refractivity contribution is 5.06. The first kappa shape index (κ1) is 10.1. The molecule has 1 N–H and O–H groups in total. The Morgan fingerprint density at radius 2 is 1.87 bits per heavy atom. The Hall–Kier alpha value is -0.0800. The maximum Gasteiger partial charge on any atom is 0.0807 e. The van der Waals surface area contributed by atoms with Gasteiger partial charge in [0.05, 0.1) is 5.60 Å². The molecule has 0 aromatic carbocycles. The Balaban J connectivity index is 1.85. The fourth-order valence-electron chi connectivity index (χ4n) is 4.89. The van der Waals surface area contributed by atoms with Crippen LogP contribution in [-0.4, -0.2) is 36.2 Å². The first-order valence-electron chi connectivity index (χ1n) is 6.44. The van der Waals surface area contributed by atoms with Crippen LogP contribution in [0.1, 0.15) is 32.1 Å². The van der Waals surface area contributed by atoms with Crippen LogP contribution in [0.2, 0.25) is 0 Å². The molecule has 0 radical (unpaired) electrons. The maximum atomic E-state index is 10.9. The molecule has 0 aliphatic heterocycles. The highest BCUT2D eigenvalue weighted by Crippen LogP contribution is 2.58. The van der Waals surface area contributed by atoms with Crippen molar-refractivity contribution in [2.45, 2.75) is 37.7 Å². The molecular formula is C13H23NO. The van der Waals surface area contributed by atoms with Crippen molar-refractivity contribution in [3.05, 3.63) is 0 Å². The summed E-state index contributed by atoms with van der Waals surface area (Å²) in [6.45, 7) is 0.872. The van der Waals surface area contributed by atoms with Crippen LogP contribution >= 0.6 is 0 Å². The van der Waals surface area contributed by atoms with Crippen LogP contribution < -0.4 is 0 Å². The molecule has 0 spiro atoms. The summed E-state index contributed by atoms with van der Waals surface area (Å²) in [5.74, 6) is 3.25. The van der Waals surface area contributed by atoms with Crippen molar-refractivity contribution in [2.24, 2.45) is 23.7 Å². The molecule has 0 aromatic heterocycles. The normalized spacial score (nSPS) is 52.8. The molecule has 3 aliphatic carbocycles. The second-order valence-electron chi connectivity index (χ2n) is 6.59. The van der Waals surface area contributed by atoms with Gasteiger partial charge in [-0.2, -0.15) is 0 Å². The van der Waals surface area contributed by atoms with Crippen molar-refractivity contribution in [3.63, 3.8) is 0 Å². The van der Waals surface area contributed by atoms with Crippen LogP contribution in [-0.2, 0) is 0 Å². The molecule has 2 heteroatoms. The van der Waals surface area contributed by atoms with Gasteiger partial charge in [-0.15, -0.1) is 0 Å². The number of likely N-dealkylation sites (N-methyl/N-ethyl adjacent to an activating group) is 1. The van der Waals surface area contributed by atoms with Gasteiger partial charge in [-0.05, 0) is 69.9 Å². The lowest BCUT2D eigenvalue weighted by atomic mass is 9.65. The topological polar surface area (TPSA) is 23.5 Å². The molecule has 3 bridgehead atoms. The molecule has 15 heavy (non-hydrogen) atoms. The number of rotatable bonds is 2. The first-order valence-corrected chi connectivity index (χ1v) is 6.44. The third-order valence-electron chi connectivity index (χ3n) is 5.02. The summed E-state index contributed by atoms with van der Waals surface area (Å²) in [5.41, 5.74) is -0.359. The maximum absolute atomic E-state index is 10.9. The molecular weight excluding hydrogens is 186 g/mol. The largest absolute Gasteiger partial charge is 0.388 e. The molecule has 3 aliphatic rings. The smallest absolute Gasteiger partial charge is 0.0807 e. The van der Waals surface area contributed by atoms with E-state index in [1.54, 1.807) is 0 Å². The minimum absolute atomic E-state index is 0.359. The van der Waals surface area contributed by atoms with Gasteiger partial charge >= 0.3 is 0 Å². The monoisotopic (exact) mass is 209 g/mol. The zero-order chi connectivity index (χ0) is 10.6. The van der Waals surface area contributed by atoms with E-state index in [0.29, 0.717) is 5.92 Å². The van der Waals surface area contributed by atoms with Gasteiger partial charge in [-0.3, -0.25) is 0 Å². The fourth-order valence-corrected chi connectivity index (χ4v) is 4.89. The van der Waals surface area contributed by atoms with Crippen LogP contribution in [0.5, 0.6) is 0 Å². The summed E-state index contributed by atoms with van der Waals surface area (Å²) in [4.78, 5) is 2.16. The van der Waals surface area contributed by atoms with E-state index in [2.05, 4.69) is 19.0 Å². The highest BCUT2D eigenvalue weighted by Gasteiger charge is 2.55. The SMILES string of the molecule is CN(C)CC1(O)CC2CC3CC(C2)C1C3. The highest BCUT2D eigenvalue weighted by atomic mass is 16.3. The van der Waals surface area contributed by atoms with Crippen LogP contribution in [0.15, 0.2) is 0 Å². The Bertz CT molecular complexity index is 263. The van der Waals surface area contributed by atoms with Gasteiger partial charge in [-0.1, -0.05) is 0 Å². The molecule has 0 heterocycles. The van der Waals surface area contributed by atoms with E-state index in [1.165, 1.54) is 25.7 Å². The van der Waals surface area contributed by atoms with E-state index in [0.717, 1.165) is 30.7 Å². The van der Waals surface area contributed by atoms with E-state index in [1.807, 2.05) is 0 Å². The molecule has 3 saturated carbocycles. The second kappa shape index (κ2) is 3.21. The number of nitrogens with zero attached hydrogens (tertiary/aromatic N) is 1. The second-order valence-corrected chi connectivity index (χ2v) is 6.59. The van der Waals surface area contributed by atoms with Crippen LogP contribution in [0.4, 0.5) is 0 Å². The van der Waals surface area contributed by atoms with Crippen molar-refractivity contribution in [3.8, 4) is 0 Å². The average molecular weight is 209 g/mol. The lowest BCUT2D eigenvalue weighted by molar-refractivity contribution is -0.0929. The van der Waals surface area contributed by atoms with Crippen LogP contribution in [0.3, 0.4) is 0 Å². The van der Waals surface area contributed by atoms with E-state index in [4.69, 9.17) is 0 Å². The van der Waals surface area contributed by atoms with Crippen molar-refractivity contribution >= 4 is 0 Å². The molecule has 2 nitrogen and oxygen atoms in total. The Kier molecular flexibility index (Phi) is 2.16. The summed E-state index contributed by atoms with van der Waals surface area (Å²) in [5, 5.41) is 10.9. The van der Waals surface area contributed by atoms with Gasteiger partial charge in [0.1, 0.15) is 0 Å². The Morgan fingerprint density at radius 3 is 2.60 bits per heavy atom. The fraction of sp³-hybridized carbons (Fsp3) is 1.00. The summed E-state index contributed by atoms with van der Waals surface area (Å²) < 4.78 is 0. The van der Waals surface area contributed by atoms with Gasteiger partial charge in [0.15, 0.2) is 0 Å². The van der Waals surface area contributed by atoms with Crippen LogP contribution in [0.25, 0.3) is 0 Å². The van der Waals surface area contributed by atoms with E-state index >= 15 is 0 Å². The summed E-state index contributed by atoms with van der Waals surface area (Å²) in [6, 6.07) is 0. The lowest BCUT2D eigenvalue weighted by Crippen LogP contribution is -2.51. The van der Waals surface area contributed by atoms with Gasteiger partial charge in [-0.25, -0.2) is 0 Å². The predicted molar refractivity (Wildman–Crippen MR) is 60.5 cm³/mol. The zero-order valence-corrected chi connectivity index (χ0v) is 9.95. The molecule has 0 saturated heterocycles. The number of aliphatic hydroxyl groups is 1. The molecule has 5 atom stereocenters. The molecule has 3 fully saturated rings. The van der Waals surface area contributed by atoms with Gasteiger partial charge in [0, 0.05) is 6.54 Å². The minimum Gasteiger partial charge on any atom is -0.388 e. The van der Waals surface area contributed by atoms with E-state index in [9.17, 15) is 5.11 Å². The van der Waals surface area contributed by atoms with Gasteiger partial charge < -0.3 is 10.0 Å².